The molecule has 0 atom stereocenters. The largest absolute Gasteiger partial charge is 0.172 e. The van der Waals surface area contributed by atoms with Crippen LogP contribution in [0.1, 0.15) is 11.1 Å². The Morgan fingerprint density at radius 1 is 0.178 bits per heavy atom. The second-order valence-corrected chi connectivity index (χ2v) is 28.6. The SMILES string of the molecule is Cc1ccccc1-c1ccc(-c2ccc(-c3ccc(-c4ccc(-c5ccc(-c6ccccc6C)s5)c5nsnc45)s3)c3nsnc23)s1.c1ccc(-c2ccccc2-c2ccc(-c3ccc(-c4ccc(-c5ccccc5-c5ccccc5)s4)c4nsnc34)s2)cc1. The summed E-state index contributed by atoms with van der Waals surface area (Å²) in [7, 11) is 0. The summed E-state index contributed by atoms with van der Waals surface area (Å²) in [4.78, 5) is 12.2. The number of rotatable bonds is 12. The lowest BCUT2D eigenvalue weighted by atomic mass is 9.99. The zero-order valence-electron chi connectivity index (χ0n) is 48.2. The predicted octanol–water partition coefficient (Wildman–Crippen LogP) is 24.3. The molecule has 0 amide bonds. The van der Waals surface area contributed by atoms with E-state index in [9.17, 15) is 0 Å². The van der Waals surface area contributed by atoms with Crippen molar-refractivity contribution < 1.29 is 0 Å². The van der Waals surface area contributed by atoms with Crippen LogP contribution in [0.5, 0.6) is 0 Å². The van der Waals surface area contributed by atoms with Gasteiger partial charge < -0.3 is 0 Å². The Hall–Kier alpha value is -9.06. The van der Waals surface area contributed by atoms with Crippen LogP contribution in [0.15, 0.2) is 255 Å². The molecular weight excluding hydrogens is 1250 g/mol. The van der Waals surface area contributed by atoms with Gasteiger partial charge >= 0.3 is 0 Å². The zero-order chi connectivity index (χ0) is 60.1. The smallest absolute Gasteiger partial charge is 0.114 e. The summed E-state index contributed by atoms with van der Waals surface area (Å²) in [5.41, 5.74) is 25.0. The van der Waals surface area contributed by atoms with Crippen molar-refractivity contribution in [2.45, 2.75) is 13.8 Å². The summed E-state index contributed by atoms with van der Waals surface area (Å²) in [6.45, 7) is 4.33. The number of hydrogen-bond donors (Lipinski definition) is 0. The standard InChI is InChI=1S/C38H24N4S5.C38H24N2S3/c1-21-7-3-5-9-23(21)29-15-17-31(43-29)25-11-13-27(37-35(25)39-46-41-37)33-19-20-34(45-33)28-14-12-26(36-38(28)42-47-40-36)32-18-16-30(44-32)24-10-6-4-8-22(24)2;1-3-11-25(12-4-1)27-15-7-9-17-29(27)33-21-23-35(41-33)31-19-20-32(38-37(31)39-43-40-38)36-24-22-34(42-36)30-18-10-8-16-28(30)26-13-5-2-6-14-26/h3-20H,1-2H3;1-24H. The van der Waals surface area contributed by atoms with Crippen molar-refractivity contribution in [3.63, 3.8) is 0 Å². The van der Waals surface area contributed by atoms with Crippen LogP contribution in [-0.4, -0.2) is 26.2 Å². The molecule has 0 saturated carbocycles. The van der Waals surface area contributed by atoms with Crippen molar-refractivity contribution in [2.75, 3.05) is 0 Å². The molecule has 0 aliphatic carbocycles. The van der Waals surface area contributed by atoms with Crippen LogP contribution in [0.25, 0.3) is 160 Å². The van der Waals surface area contributed by atoms with Crippen molar-refractivity contribution in [3.05, 3.63) is 266 Å². The van der Waals surface area contributed by atoms with Crippen LogP contribution in [0, 0.1) is 13.8 Å². The number of aromatic nitrogens is 6. The third kappa shape index (κ3) is 10.6. The van der Waals surface area contributed by atoms with Crippen LogP contribution >= 0.6 is 91.9 Å². The monoisotopic (exact) mass is 1300 g/mol. The molecule has 8 aromatic heterocycles. The molecule has 0 saturated heterocycles. The highest BCUT2D eigenvalue weighted by molar-refractivity contribution is 7.20. The summed E-state index contributed by atoms with van der Waals surface area (Å²) >= 11 is 12.8. The molecule has 17 rings (SSSR count). The van der Waals surface area contributed by atoms with Gasteiger partial charge in [-0.15, -0.1) is 56.7 Å². The summed E-state index contributed by atoms with van der Waals surface area (Å²) < 4.78 is 28.7. The first-order valence-electron chi connectivity index (χ1n) is 29.1. The lowest BCUT2D eigenvalue weighted by molar-refractivity contribution is 1.48. The van der Waals surface area contributed by atoms with E-state index >= 15 is 0 Å². The van der Waals surface area contributed by atoms with E-state index < -0.39 is 0 Å². The third-order valence-corrected chi connectivity index (χ3v) is 23.6. The molecule has 14 heteroatoms. The van der Waals surface area contributed by atoms with Crippen molar-refractivity contribution in [2.24, 2.45) is 0 Å². The molecule has 0 spiro atoms. The van der Waals surface area contributed by atoms with E-state index in [0.29, 0.717) is 0 Å². The van der Waals surface area contributed by atoms with E-state index in [-0.39, 0.29) is 0 Å². The van der Waals surface area contributed by atoms with Gasteiger partial charge in [-0.1, -0.05) is 194 Å². The summed E-state index contributed by atoms with van der Waals surface area (Å²) in [5, 5.41) is 0. The van der Waals surface area contributed by atoms with Gasteiger partial charge in [-0.05, 0) is 130 Å². The normalized spacial score (nSPS) is 11.4. The fraction of sp³-hybridized carbons (Fsp3) is 0.0263. The molecule has 9 aromatic carbocycles. The second kappa shape index (κ2) is 24.4. The quantitative estimate of drug-likeness (QED) is 0.121. The van der Waals surface area contributed by atoms with E-state index in [0.717, 1.165) is 76.2 Å². The van der Waals surface area contributed by atoms with Gasteiger partial charge in [0.25, 0.3) is 0 Å². The van der Waals surface area contributed by atoms with Gasteiger partial charge in [-0.2, -0.15) is 26.2 Å². The molecule has 90 heavy (non-hydrogen) atoms. The van der Waals surface area contributed by atoms with Crippen molar-refractivity contribution >= 4 is 125 Å². The van der Waals surface area contributed by atoms with Crippen molar-refractivity contribution in [3.8, 4) is 127 Å². The molecule has 0 bridgehead atoms. The Morgan fingerprint density at radius 2 is 0.378 bits per heavy atom. The molecule has 0 fully saturated rings. The maximum Gasteiger partial charge on any atom is 0.114 e. The molecule has 0 aliphatic rings. The molecule has 6 nitrogen and oxygen atoms in total. The molecule has 0 aliphatic heterocycles. The van der Waals surface area contributed by atoms with E-state index in [1.807, 2.05) is 22.7 Å². The first-order valence-corrected chi connectivity index (χ1v) is 35.4. The summed E-state index contributed by atoms with van der Waals surface area (Å²) in [6, 6.07) is 91.0. The van der Waals surface area contributed by atoms with Gasteiger partial charge in [0, 0.05) is 82.2 Å². The zero-order valence-corrected chi connectivity index (χ0v) is 54.7. The van der Waals surface area contributed by atoms with Crippen molar-refractivity contribution in [1.29, 1.82) is 0 Å². The fourth-order valence-corrected chi connectivity index (χ4v) is 18.9. The minimum Gasteiger partial charge on any atom is -0.172 e. The number of fused-ring (bicyclic) bond motifs is 3. The first-order chi connectivity index (χ1) is 44.5. The Kier molecular flexibility index (Phi) is 15.2. The maximum absolute atomic E-state index is 4.79. The minimum absolute atomic E-state index is 0.949. The van der Waals surface area contributed by atoms with E-state index in [1.54, 1.807) is 34.0 Å². The fourth-order valence-electron chi connectivity index (χ4n) is 11.8. The average Bonchev–Trinajstić information content (AvgIpc) is 2.81. The molecule has 0 unspecified atom stereocenters. The van der Waals surface area contributed by atoms with Gasteiger partial charge in [0.1, 0.15) is 33.1 Å². The highest BCUT2D eigenvalue weighted by atomic mass is 32.1. The topological polar surface area (TPSA) is 77.3 Å². The second-order valence-electron chi connectivity index (χ2n) is 21.6. The van der Waals surface area contributed by atoms with E-state index in [2.05, 4.69) is 269 Å². The molecule has 0 radical (unpaired) electrons. The predicted molar refractivity (Wildman–Crippen MR) is 390 cm³/mol. The Morgan fingerprint density at radius 3 is 0.633 bits per heavy atom. The molecule has 0 N–H and O–H groups in total. The van der Waals surface area contributed by atoms with Crippen LogP contribution in [0.4, 0.5) is 0 Å². The van der Waals surface area contributed by atoms with E-state index in [4.69, 9.17) is 26.2 Å². The number of benzene rings is 9. The molecule has 17 aromatic rings. The van der Waals surface area contributed by atoms with Gasteiger partial charge in [-0.25, -0.2) is 0 Å². The van der Waals surface area contributed by atoms with Gasteiger partial charge in [-0.3, -0.25) is 0 Å². The van der Waals surface area contributed by atoms with Crippen LogP contribution < -0.4 is 0 Å². The summed E-state index contributed by atoms with van der Waals surface area (Å²) in [5.74, 6) is 0. The van der Waals surface area contributed by atoms with Gasteiger partial charge in [0.2, 0.25) is 0 Å². The number of hydrogen-bond acceptors (Lipinski definition) is 14. The maximum atomic E-state index is 4.79. The number of aryl methyl sites for hydroxylation is 2. The highest BCUT2D eigenvalue weighted by Gasteiger charge is 2.22. The minimum atomic E-state index is 0.949. The molecule has 8 heterocycles. The van der Waals surface area contributed by atoms with Gasteiger partial charge in [0.05, 0.1) is 35.2 Å². The van der Waals surface area contributed by atoms with Gasteiger partial charge in [0.15, 0.2) is 0 Å². The van der Waals surface area contributed by atoms with Crippen LogP contribution in [0.3, 0.4) is 0 Å². The van der Waals surface area contributed by atoms with Crippen LogP contribution in [-0.2, 0) is 0 Å². The lowest BCUT2D eigenvalue weighted by Gasteiger charge is -2.08. The van der Waals surface area contributed by atoms with Crippen molar-refractivity contribution in [1.82, 2.24) is 26.2 Å². The Bertz CT molecular complexity index is 5110. The number of thiophene rings is 5. The Labute approximate surface area is 552 Å². The summed E-state index contributed by atoms with van der Waals surface area (Å²) in [6.07, 6.45) is 0. The lowest BCUT2D eigenvalue weighted by Crippen LogP contribution is -1.82. The van der Waals surface area contributed by atoms with Crippen LogP contribution in [0.2, 0.25) is 0 Å². The third-order valence-electron chi connectivity index (χ3n) is 16.2. The molecule has 430 valence electrons. The first kappa shape index (κ1) is 56.2. The average molecular weight is 1300 g/mol. The number of nitrogens with zero attached hydrogens (tertiary/aromatic N) is 6. The Balaban J connectivity index is 0.000000145. The van der Waals surface area contributed by atoms with E-state index in [1.165, 1.54) is 130 Å². The molecular formula is C76H48N6S8. The highest BCUT2D eigenvalue weighted by Crippen LogP contribution is 2.48.